The van der Waals surface area contributed by atoms with Crippen LogP contribution in [-0.2, 0) is 19.4 Å². The quantitative estimate of drug-likeness (QED) is 0.885. The molecule has 2 heteroatoms. The average Bonchev–Trinajstić information content (AvgIpc) is 2.46. The lowest BCUT2D eigenvalue weighted by Crippen LogP contribution is -2.23. The van der Waals surface area contributed by atoms with Crippen molar-refractivity contribution >= 4 is 0 Å². The van der Waals surface area contributed by atoms with Crippen LogP contribution in [0.25, 0.3) is 0 Å². The van der Waals surface area contributed by atoms with Gasteiger partial charge in [0.15, 0.2) is 0 Å². The second-order valence-corrected chi connectivity index (χ2v) is 7.31. The van der Waals surface area contributed by atoms with E-state index in [0.29, 0.717) is 0 Å². The fraction of sp³-hybridized carbons (Fsp3) is 0.400. The Morgan fingerprint density at radius 2 is 1.91 bits per heavy atom. The molecule has 0 radical (unpaired) electrons. The minimum Gasteiger partial charge on any atom is -0.457 e. The van der Waals surface area contributed by atoms with Crippen molar-refractivity contribution in [2.24, 2.45) is 5.41 Å². The normalized spacial score (nSPS) is 14.5. The Bertz CT molecular complexity index is 655. The third kappa shape index (κ3) is 3.69. The third-order valence-electron chi connectivity index (χ3n) is 3.96. The van der Waals surface area contributed by atoms with Gasteiger partial charge in [-0.2, -0.15) is 0 Å². The first-order chi connectivity index (χ1) is 10.5. The first-order valence-corrected chi connectivity index (χ1v) is 8.09. The van der Waals surface area contributed by atoms with E-state index in [4.69, 9.17) is 4.74 Å². The molecule has 116 valence electrons. The van der Waals surface area contributed by atoms with Gasteiger partial charge in [0.1, 0.15) is 11.5 Å². The van der Waals surface area contributed by atoms with Gasteiger partial charge in [-0.05, 0) is 54.1 Å². The topological polar surface area (TPSA) is 21.3 Å². The Balaban J connectivity index is 1.83. The SMILES string of the molecule is CC(C)(C)Cc1cccc(Oc2cccc3c2CNCC3)c1. The van der Waals surface area contributed by atoms with E-state index < -0.39 is 0 Å². The largest absolute Gasteiger partial charge is 0.457 e. The lowest BCUT2D eigenvalue weighted by Gasteiger charge is -2.21. The molecule has 0 aliphatic carbocycles. The van der Waals surface area contributed by atoms with E-state index >= 15 is 0 Å². The zero-order valence-corrected chi connectivity index (χ0v) is 13.8. The fourth-order valence-electron chi connectivity index (χ4n) is 3.04. The van der Waals surface area contributed by atoms with E-state index in [1.165, 1.54) is 16.7 Å². The molecule has 0 amide bonds. The van der Waals surface area contributed by atoms with Gasteiger partial charge in [0, 0.05) is 12.1 Å². The fourth-order valence-corrected chi connectivity index (χ4v) is 3.04. The minimum absolute atomic E-state index is 0.286. The molecule has 1 aliphatic rings. The molecule has 0 saturated heterocycles. The predicted octanol–water partition coefficient (Wildman–Crippen LogP) is 4.71. The molecule has 22 heavy (non-hydrogen) atoms. The molecule has 0 aromatic heterocycles. The maximum Gasteiger partial charge on any atom is 0.132 e. The van der Waals surface area contributed by atoms with Gasteiger partial charge in [-0.3, -0.25) is 0 Å². The molecule has 2 aromatic carbocycles. The molecule has 2 nitrogen and oxygen atoms in total. The molecule has 0 fully saturated rings. The standard InChI is InChI=1S/C20H25NO/c1-20(2,3)13-15-6-4-8-17(12-15)22-19-9-5-7-16-10-11-21-14-18(16)19/h4-9,12,21H,10-11,13-14H2,1-3H3. The van der Waals surface area contributed by atoms with E-state index in [1.54, 1.807) is 0 Å². The second kappa shape index (κ2) is 6.13. The second-order valence-electron chi connectivity index (χ2n) is 7.31. The van der Waals surface area contributed by atoms with Crippen LogP contribution in [0.1, 0.15) is 37.5 Å². The minimum atomic E-state index is 0.286. The van der Waals surface area contributed by atoms with Crippen LogP contribution in [0.2, 0.25) is 0 Å². The number of fused-ring (bicyclic) bond motifs is 1. The molecule has 0 saturated carbocycles. The average molecular weight is 295 g/mol. The van der Waals surface area contributed by atoms with E-state index in [-0.39, 0.29) is 5.41 Å². The number of hydrogen-bond donors (Lipinski definition) is 1. The third-order valence-corrected chi connectivity index (χ3v) is 3.96. The molecule has 3 rings (SSSR count). The van der Waals surface area contributed by atoms with Crippen LogP contribution in [0.15, 0.2) is 42.5 Å². The van der Waals surface area contributed by atoms with Gasteiger partial charge in [0.2, 0.25) is 0 Å². The zero-order chi connectivity index (χ0) is 15.6. The van der Waals surface area contributed by atoms with Gasteiger partial charge in [-0.15, -0.1) is 0 Å². The molecular weight excluding hydrogens is 270 g/mol. The van der Waals surface area contributed by atoms with Crippen molar-refractivity contribution < 1.29 is 4.74 Å². The molecular formula is C20H25NO. The van der Waals surface area contributed by atoms with Crippen LogP contribution in [0.4, 0.5) is 0 Å². The maximum atomic E-state index is 6.19. The van der Waals surface area contributed by atoms with Crippen molar-refractivity contribution in [3.63, 3.8) is 0 Å². The summed E-state index contributed by atoms with van der Waals surface area (Å²) in [7, 11) is 0. The lowest BCUT2D eigenvalue weighted by molar-refractivity contribution is 0.409. The molecule has 0 unspecified atom stereocenters. The highest BCUT2D eigenvalue weighted by atomic mass is 16.5. The number of rotatable bonds is 3. The molecule has 2 aromatic rings. The Kier molecular flexibility index (Phi) is 4.21. The smallest absolute Gasteiger partial charge is 0.132 e. The van der Waals surface area contributed by atoms with Gasteiger partial charge in [0.05, 0.1) is 0 Å². The summed E-state index contributed by atoms with van der Waals surface area (Å²) in [5.74, 6) is 1.92. The van der Waals surface area contributed by atoms with Gasteiger partial charge >= 0.3 is 0 Å². The van der Waals surface area contributed by atoms with Gasteiger partial charge in [-0.25, -0.2) is 0 Å². The van der Waals surface area contributed by atoms with Crippen LogP contribution in [0, 0.1) is 5.41 Å². The van der Waals surface area contributed by atoms with Crippen LogP contribution >= 0.6 is 0 Å². The summed E-state index contributed by atoms with van der Waals surface area (Å²) in [6, 6.07) is 14.9. The highest BCUT2D eigenvalue weighted by Gasteiger charge is 2.15. The Hall–Kier alpha value is -1.80. The van der Waals surface area contributed by atoms with E-state index in [2.05, 4.69) is 62.5 Å². The number of hydrogen-bond acceptors (Lipinski definition) is 2. The highest BCUT2D eigenvalue weighted by Crippen LogP contribution is 2.31. The van der Waals surface area contributed by atoms with Crippen molar-refractivity contribution in [2.75, 3.05) is 6.54 Å². The van der Waals surface area contributed by atoms with Crippen molar-refractivity contribution in [1.82, 2.24) is 5.32 Å². The zero-order valence-electron chi connectivity index (χ0n) is 13.8. The lowest BCUT2D eigenvalue weighted by atomic mass is 9.88. The first-order valence-electron chi connectivity index (χ1n) is 8.09. The summed E-state index contributed by atoms with van der Waals surface area (Å²) in [5.41, 5.74) is 4.32. The highest BCUT2D eigenvalue weighted by molar-refractivity contribution is 5.44. The van der Waals surface area contributed by atoms with Crippen molar-refractivity contribution in [3.05, 3.63) is 59.2 Å². The summed E-state index contributed by atoms with van der Waals surface area (Å²) in [6.45, 7) is 8.74. The number of ether oxygens (including phenoxy) is 1. The van der Waals surface area contributed by atoms with E-state index in [9.17, 15) is 0 Å². The van der Waals surface area contributed by atoms with Crippen LogP contribution < -0.4 is 10.1 Å². The van der Waals surface area contributed by atoms with E-state index in [0.717, 1.165) is 37.4 Å². The molecule has 1 N–H and O–H groups in total. The monoisotopic (exact) mass is 295 g/mol. The van der Waals surface area contributed by atoms with Crippen molar-refractivity contribution in [2.45, 2.75) is 40.2 Å². The molecule has 0 spiro atoms. The summed E-state index contributed by atoms with van der Waals surface area (Å²) in [6.07, 6.45) is 2.13. The first kappa shape index (κ1) is 15.1. The Morgan fingerprint density at radius 3 is 2.73 bits per heavy atom. The predicted molar refractivity (Wildman–Crippen MR) is 91.5 cm³/mol. The van der Waals surface area contributed by atoms with Crippen LogP contribution in [-0.4, -0.2) is 6.54 Å². The van der Waals surface area contributed by atoms with Crippen molar-refractivity contribution in [1.29, 1.82) is 0 Å². The Morgan fingerprint density at radius 1 is 1.09 bits per heavy atom. The number of nitrogens with one attached hydrogen (secondary N) is 1. The summed E-state index contributed by atoms with van der Waals surface area (Å²) in [5, 5.41) is 3.43. The molecule has 1 aliphatic heterocycles. The van der Waals surface area contributed by atoms with Crippen LogP contribution in [0.5, 0.6) is 11.5 Å². The summed E-state index contributed by atoms with van der Waals surface area (Å²) in [4.78, 5) is 0. The van der Waals surface area contributed by atoms with Gasteiger partial charge in [-0.1, -0.05) is 45.0 Å². The Labute approximate surface area is 133 Å². The molecule has 0 atom stereocenters. The molecule has 1 heterocycles. The molecule has 0 bridgehead atoms. The van der Waals surface area contributed by atoms with E-state index in [1.807, 2.05) is 6.07 Å². The summed E-state index contributed by atoms with van der Waals surface area (Å²) >= 11 is 0. The number of benzene rings is 2. The van der Waals surface area contributed by atoms with Gasteiger partial charge < -0.3 is 10.1 Å². The maximum absolute atomic E-state index is 6.19. The summed E-state index contributed by atoms with van der Waals surface area (Å²) < 4.78 is 6.19. The van der Waals surface area contributed by atoms with Crippen LogP contribution in [0.3, 0.4) is 0 Å². The van der Waals surface area contributed by atoms with Gasteiger partial charge in [0.25, 0.3) is 0 Å². The van der Waals surface area contributed by atoms with Crippen molar-refractivity contribution in [3.8, 4) is 11.5 Å².